The summed E-state index contributed by atoms with van der Waals surface area (Å²) in [6.45, 7) is 5.06. The Morgan fingerprint density at radius 3 is 2.71 bits per heavy atom. The molecule has 96 valence electrons. The highest BCUT2D eigenvalue weighted by molar-refractivity contribution is 7.99. The van der Waals surface area contributed by atoms with Crippen molar-refractivity contribution in [2.75, 3.05) is 18.1 Å². The van der Waals surface area contributed by atoms with Crippen molar-refractivity contribution in [3.63, 3.8) is 0 Å². The van der Waals surface area contributed by atoms with Crippen molar-refractivity contribution in [1.82, 2.24) is 0 Å². The predicted octanol–water partition coefficient (Wildman–Crippen LogP) is 3.62. The van der Waals surface area contributed by atoms with Gasteiger partial charge in [-0.15, -0.1) is 0 Å². The minimum absolute atomic E-state index is 0.0691. The van der Waals surface area contributed by atoms with Crippen molar-refractivity contribution in [3.8, 4) is 5.75 Å². The normalized spacial score (nSPS) is 12.4. The van der Waals surface area contributed by atoms with Crippen LogP contribution in [0.15, 0.2) is 24.3 Å². The standard InChI is InChI=1S/C14H23NOS/c1-3-9-16-14-8-6-5-7-12(14)13(15)11-17-10-4-2/h5-8,13H,3-4,9-11,15H2,1-2H3. The van der Waals surface area contributed by atoms with Gasteiger partial charge in [0.25, 0.3) is 0 Å². The van der Waals surface area contributed by atoms with E-state index in [1.165, 1.54) is 12.2 Å². The maximum Gasteiger partial charge on any atom is 0.124 e. The van der Waals surface area contributed by atoms with Crippen molar-refractivity contribution in [2.24, 2.45) is 5.73 Å². The molecule has 0 bridgehead atoms. The Kier molecular flexibility index (Phi) is 7.13. The molecule has 0 spiro atoms. The van der Waals surface area contributed by atoms with E-state index in [4.69, 9.17) is 10.5 Å². The highest BCUT2D eigenvalue weighted by atomic mass is 32.2. The van der Waals surface area contributed by atoms with E-state index in [-0.39, 0.29) is 6.04 Å². The fraction of sp³-hybridized carbons (Fsp3) is 0.571. The second-order valence-electron chi connectivity index (χ2n) is 4.07. The first-order valence-corrected chi connectivity index (χ1v) is 7.50. The van der Waals surface area contributed by atoms with Gasteiger partial charge in [0.15, 0.2) is 0 Å². The zero-order valence-corrected chi connectivity index (χ0v) is 11.6. The van der Waals surface area contributed by atoms with Crippen LogP contribution in [-0.4, -0.2) is 18.1 Å². The lowest BCUT2D eigenvalue weighted by Crippen LogP contribution is -2.15. The molecule has 1 unspecified atom stereocenters. The summed E-state index contributed by atoms with van der Waals surface area (Å²) in [6, 6.07) is 8.18. The molecule has 0 heterocycles. The number of para-hydroxylation sites is 1. The minimum atomic E-state index is 0.0691. The first kappa shape index (κ1) is 14.4. The third-order valence-electron chi connectivity index (χ3n) is 2.43. The lowest BCUT2D eigenvalue weighted by molar-refractivity contribution is 0.313. The van der Waals surface area contributed by atoms with E-state index in [0.29, 0.717) is 0 Å². The maximum atomic E-state index is 6.21. The van der Waals surface area contributed by atoms with E-state index in [0.717, 1.165) is 30.1 Å². The lowest BCUT2D eigenvalue weighted by Gasteiger charge is -2.16. The molecule has 0 amide bonds. The summed E-state index contributed by atoms with van der Waals surface area (Å²) in [6.07, 6.45) is 2.22. The molecule has 1 rings (SSSR count). The zero-order chi connectivity index (χ0) is 12.5. The second-order valence-corrected chi connectivity index (χ2v) is 5.22. The van der Waals surface area contributed by atoms with Crippen LogP contribution in [0.1, 0.15) is 38.3 Å². The molecule has 1 aromatic carbocycles. The Hall–Kier alpha value is -0.670. The number of hydrogen-bond acceptors (Lipinski definition) is 3. The Morgan fingerprint density at radius 1 is 1.24 bits per heavy atom. The van der Waals surface area contributed by atoms with Gasteiger partial charge in [-0.2, -0.15) is 11.8 Å². The molecule has 0 saturated carbocycles. The fourth-order valence-corrected chi connectivity index (χ4v) is 2.46. The average Bonchev–Trinajstić information content (AvgIpc) is 2.37. The van der Waals surface area contributed by atoms with Crippen LogP contribution in [-0.2, 0) is 0 Å². The zero-order valence-electron chi connectivity index (χ0n) is 10.8. The molecule has 2 nitrogen and oxygen atoms in total. The van der Waals surface area contributed by atoms with E-state index in [9.17, 15) is 0 Å². The van der Waals surface area contributed by atoms with Crippen LogP contribution in [0.2, 0.25) is 0 Å². The van der Waals surface area contributed by atoms with Gasteiger partial charge in [0.05, 0.1) is 6.61 Å². The minimum Gasteiger partial charge on any atom is -0.493 e. The van der Waals surface area contributed by atoms with Crippen LogP contribution in [0.25, 0.3) is 0 Å². The van der Waals surface area contributed by atoms with Crippen LogP contribution in [0.4, 0.5) is 0 Å². The largest absolute Gasteiger partial charge is 0.493 e. The molecule has 0 radical (unpaired) electrons. The molecule has 1 aromatic rings. The van der Waals surface area contributed by atoms with E-state index < -0.39 is 0 Å². The first-order chi connectivity index (χ1) is 8.29. The Morgan fingerprint density at radius 2 is 2.00 bits per heavy atom. The number of nitrogens with two attached hydrogens (primary N) is 1. The second kappa shape index (κ2) is 8.43. The molecule has 0 aliphatic heterocycles. The molecular formula is C14H23NOS. The quantitative estimate of drug-likeness (QED) is 0.719. The summed E-state index contributed by atoms with van der Waals surface area (Å²) in [7, 11) is 0. The molecule has 0 aromatic heterocycles. The van der Waals surface area contributed by atoms with Crippen LogP contribution in [0, 0.1) is 0 Å². The van der Waals surface area contributed by atoms with Crippen molar-refractivity contribution in [1.29, 1.82) is 0 Å². The van der Waals surface area contributed by atoms with Gasteiger partial charge in [0.1, 0.15) is 5.75 Å². The number of rotatable bonds is 8. The summed E-state index contributed by atoms with van der Waals surface area (Å²) in [5, 5.41) is 0. The monoisotopic (exact) mass is 253 g/mol. The Labute approximate surface area is 109 Å². The van der Waals surface area contributed by atoms with Gasteiger partial charge >= 0.3 is 0 Å². The summed E-state index contributed by atoms with van der Waals surface area (Å²) in [4.78, 5) is 0. The highest BCUT2D eigenvalue weighted by Crippen LogP contribution is 2.26. The van der Waals surface area contributed by atoms with E-state index in [1.54, 1.807) is 0 Å². The summed E-state index contributed by atoms with van der Waals surface area (Å²) in [5.41, 5.74) is 7.34. The van der Waals surface area contributed by atoms with Crippen molar-refractivity contribution in [3.05, 3.63) is 29.8 Å². The van der Waals surface area contributed by atoms with E-state index >= 15 is 0 Å². The number of benzene rings is 1. The van der Waals surface area contributed by atoms with Gasteiger partial charge in [-0.25, -0.2) is 0 Å². The van der Waals surface area contributed by atoms with Crippen LogP contribution in [0.3, 0.4) is 0 Å². The maximum absolute atomic E-state index is 6.21. The van der Waals surface area contributed by atoms with Crippen LogP contribution < -0.4 is 10.5 Å². The molecule has 17 heavy (non-hydrogen) atoms. The molecule has 2 N–H and O–H groups in total. The van der Waals surface area contributed by atoms with Crippen molar-refractivity contribution < 1.29 is 4.74 Å². The third kappa shape index (κ3) is 5.00. The van der Waals surface area contributed by atoms with Crippen molar-refractivity contribution >= 4 is 11.8 Å². The smallest absolute Gasteiger partial charge is 0.124 e. The van der Waals surface area contributed by atoms with Crippen LogP contribution >= 0.6 is 11.8 Å². The molecule has 1 atom stereocenters. The lowest BCUT2D eigenvalue weighted by atomic mass is 10.1. The summed E-state index contributed by atoms with van der Waals surface area (Å²) >= 11 is 1.91. The summed E-state index contributed by atoms with van der Waals surface area (Å²) in [5.74, 6) is 3.07. The predicted molar refractivity (Wildman–Crippen MR) is 76.8 cm³/mol. The van der Waals surface area contributed by atoms with Gasteiger partial charge in [-0.3, -0.25) is 0 Å². The van der Waals surface area contributed by atoms with Crippen LogP contribution in [0.5, 0.6) is 5.75 Å². The van der Waals surface area contributed by atoms with Crippen molar-refractivity contribution in [2.45, 2.75) is 32.7 Å². The summed E-state index contributed by atoms with van der Waals surface area (Å²) < 4.78 is 5.72. The van der Waals surface area contributed by atoms with Gasteiger partial charge < -0.3 is 10.5 Å². The number of ether oxygens (including phenoxy) is 1. The van der Waals surface area contributed by atoms with Gasteiger partial charge in [0.2, 0.25) is 0 Å². The highest BCUT2D eigenvalue weighted by Gasteiger charge is 2.11. The van der Waals surface area contributed by atoms with Gasteiger partial charge in [0, 0.05) is 17.4 Å². The average molecular weight is 253 g/mol. The van der Waals surface area contributed by atoms with E-state index in [1.807, 2.05) is 30.0 Å². The fourth-order valence-electron chi connectivity index (χ4n) is 1.57. The molecular weight excluding hydrogens is 230 g/mol. The molecule has 0 fully saturated rings. The molecule has 0 aliphatic carbocycles. The number of hydrogen-bond donors (Lipinski definition) is 1. The third-order valence-corrected chi connectivity index (χ3v) is 3.72. The Balaban J connectivity index is 2.60. The topological polar surface area (TPSA) is 35.2 Å². The van der Waals surface area contributed by atoms with Gasteiger partial charge in [-0.1, -0.05) is 32.0 Å². The first-order valence-electron chi connectivity index (χ1n) is 6.34. The molecule has 3 heteroatoms. The molecule has 0 aliphatic rings. The number of thioether (sulfide) groups is 1. The SMILES string of the molecule is CCCOc1ccccc1C(N)CSCCC. The van der Waals surface area contributed by atoms with Gasteiger partial charge in [-0.05, 0) is 24.7 Å². The molecule has 0 saturated heterocycles. The Bertz CT molecular complexity index is 317. The van der Waals surface area contributed by atoms with E-state index in [2.05, 4.69) is 19.9 Å².